The van der Waals surface area contributed by atoms with E-state index < -0.39 is 18.0 Å². The third-order valence-electron chi connectivity index (χ3n) is 2.51. The van der Waals surface area contributed by atoms with E-state index in [-0.39, 0.29) is 0 Å². The van der Waals surface area contributed by atoms with Crippen LogP contribution in [-0.2, 0) is 9.53 Å². The zero-order valence-corrected chi connectivity index (χ0v) is 9.61. The molecule has 0 aliphatic carbocycles. The smallest absolute Gasteiger partial charge is 0.339 e. The number of hydrogen-bond acceptors (Lipinski definition) is 3. The van der Waals surface area contributed by atoms with Crippen LogP contribution in [0, 0.1) is 13.8 Å². The topological polar surface area (TPSA) is 69.4 Å². The van der Waals surface area contributed by atoms with E-state index in [1.807, 2.05) is 19.9 Å². The van der Waals surface area contributed by atoms with Crippen LogP contribution in [0.15, 0.2) is 18.2 Å². The van der Waals surface area contributed by atoms with E-state index in [2.05, 4.69) is 0 Å². The molecule has 0 aliphatic rings. The van der Waals surface area contributed by atoms with E-state index in [0.717, 1.165) is 11.1 Å². The summed E-state index contributed by atoms with van der Waals surface area (Å²) in [5.74, 6) is -1.17. The molecule has 0 spiro atoms. The summed E-state index contributed by atoms with van der Waals surface area (Å²) in [5.41, 5.74) is 7.33. The SMILES string of the molecule is Cc1cccc(C(=O)O[C@H](C)C(N)=O)c1C. The standard InChI is InChI=1S/C12H15NO3/c1-7-5-4-6-10(8(7)2)12(15)16-9(3)11(13)14/h4-6,9H,1-3H3,(H2,13,14)/t9-/m1/s1. The van der Waals surface area contributed by atoms with E-state index in [1.165, 1.54) is 6.92 Å². The van der Waals surface area contributed by atoms with Gasteiger partial charge in [-0.3, -0.25) is 4.79 Å². The highest BCUT2D eigenvalue weighted by molar-refractivity contribution is 5.93. The number of ether oxygens (including phenoxy) is 1. The second kappa shape index (κ2) is 4.79. The van der Waals surface area contributed by atoms with Crippen molar-refractivity contribution in [3.63, 3.8) is 0 Å². The molecule has 0 heterocycles. The molecule has 1 rings (SSSR count). The number of amides is 1. The number of esters is 1. The molecule has 16 heavy (non-hydrogen) atoms. The van der Waals surface area contributed by atoms with Gasteiger partial charge in [0.25, 0.3) is 5.91 Å². The van der Waals surface area contributed by atoms with Gasteiger partial charge < -0.3 is 10.5 Å². The minimum Gasteiger partial charge on any atom is -0.449 e. The molecule has 1 atom stereocenters. The quantitative estimate of drug-likeness (QED) is 0.783. The van der Waals surface area contributed by atoms with Gasteiger partial charge in [-0.25, -0.2) is 4.79 Å². The molecule has 0 bridgehead atoms. The molecule has 1 amide bonds. The number of benzene rings is 1. The summed E-state index contributed by atoms with van der Waals surface area (Å²) in [6.07, 6.45) is -0.910. The van der Waals surface area contributed by atoms with Crippen LogP contribution < -0.4 is 5.73 Å². The minimum atomic E-state index is -0.910. The third kappa shape index (κ3) is 2.59. The van der Waals surface area contributed by atoms with Gasteiger partial charge in [0.15, 0.2) is 6.10 Å². The maximum Gasteiger partial charge on any atom is 0.339 e. The second-order valence-corrected chi connectivity index (χ2v) is 3.70. The molecule has 4 nitrogen and oxygen atoms in total. The summed E-state index contributed by atoms with van der Waals surface area (Å²) in [6, 6.07) is 5.34. The summed E-state index contributed by atoms with van der Waals surface area (Å²) in [7, 11) is 0. The van der Waals surface area contributed by atoms with E-state index in [1.54, 1.807) is 12.1 Å². The van der Waals surface area contributed by atoms with Crippen molar-refractivity contribution >= 4 is 11.9 Å². The van der Waals surface area contributed by atoms with Crippen molar-refractivity contribution < 1.29 is 14.3 Å². The summed E-state index contributed by atoms with van der Waals surface area (Å²) >= 11 is 0. The highest BCUT2D eigenvalue weighted by atomic mass is 16.5. The van der Waals surface area contributed by atoms with Crippen molar-refractivity contribution in [1.82, 2.24) is 0 Å². The summed E-state index contributed by atoms with van der Waals surface area (Å²) in [4.78, 5) is 22.5. The average Bonchev–Trinajstić information content (AvgIpc) is 2.21. The van der Waals surface area contributed by atoms with Gasteiger partial charge in [-0.2, -0.15) is 0 Å². The number of carbonyl (C=O) groups excluding carboxylic acids is 2. The third-order valence-corrected chi connectivity index (χ3v) is 2.51. The molecule has 1 aromatic rings. The molecular formula is C12H15NO3. The number of rotatable bonds is 3. The van der Waals surface area contributed by atoms with E-state index in [4.69, 9.17) is 10.5 Å². The van der Waals surface area contributed by atoms with Crippen LogP contribution in [0.4, 0.5) is 0 Å². The van der Waals surface area contributed by atoms with Crippen molar-refractivity contribution in [2.24, 2.45) is 5.73 Å². The van der Waals surface area contributed by atoms with Gasteiger partial charge >= 0.3 is 5.97 Å². The van der Waals surface area contributed by atoms with Gasteiger partial charge in [-0.15, -0.1) is 0 Å². The molecule has 0 aromatic heterocycles. The maximum atomic E-state index is 11.7. The van der Waals surface area contributed by atoms with Crippen LogP contribution in [0.5, 0.6) is 0 Å². The number of aryl methyl sites for hydroxylation is 1. The lowest BCUT2D eigenvalue weighted by molar-refractivity contribution is -0.125. The first-order chi connectivity index (χ1) is 7.43. The van der Waals surface area contributed by atoms with E-state index in [9.17, 15) is 9.59 Å². The van der Waals surface area contributed by atoms with Crippen molar-refractivity contribution in [2.75, 3.05) is 0 Å². The first-order valence-corrected chi connectivity index (χ1v) is 5.00. The van der Waals surface area contributed by atoms with E-state index >= 15 is 0 Å². The van der Waals surface area contributed by atoms with Crippen molar-refractivity contribution in [2.45, 2.75) is 26.9 Å². The van der Waals surface area contributed by atoms with Gasteiger partial charge in [0.2, 0.25) is 0 Å². The number of hydrogen-bond donors (Lipinski definition) is 1. The van der Waals surface area contributed by atoms with Crippen molar-refractivity contribution in [1.29, 1.82) is 0 Å². The summed E-state index contributed by atoms with van der Waals surface area (Å²) < 4.78 is 4.92. The van der Waals surface area contributed by atoms with Gasteiger partial charge in [-0.05, 0) is 38.0 Å². The number of carbonyl (C=O) groups is 2. The zero-order valence-electron chi connectivity index (χ0n) is 9.61. The van der Waals surface area contributed by atoms with Gasteiger partial charge in [0.1, 0.15) is 0 Å². The van der Waals surface area contributed by atoms with Crippen LogP contribution in [-0.4, -0.2) is 18.0 Å². The Bertz CT molecular complexity index is 426. The van der Waals surface area contributed by atoms with Crippen molar-refractivity contribution in [3.8, 4) is 0 Å². The lowest BCUT2D eigenvalue weighted by Crippen LogP contribution is -2.30. The fourth-order valence-electron chi connectivity index (χ4n) is 1.25. The first-order valence-electron chi connectivity index (χ1n) is 5.00. The Hall–Kier alpha value is -1.84. The van der Waals surface area contributed by atoms with Crippen molar-refractivity contribution in [3.05, 3.63) is 34.9 Å². The monoisotopic (exact) mass is 221 g/mol. The molecule has 0 saturated carbocycles. The van der Waals surface area contributed by atoms with Gasteiger partial charge in [-0.1, -0.05) is 12.1 Å². The Kier molecular flexibility index (Phi) is 3.66. The van der Waals surface area contributed by atoms with Crippen LogP contribution in [0.1, 0.15) is 28.4 Å². The average molecular weight is 221 g/mol. The normalized spacial score (nSPS) is 11.9. The fraction of sp³-hybridized carbons (Fsp3) is 0.333. The first kappa shape index (κ1) is 12.2. The Labute approximate surface area is 94.4 Å². The molecule has 86 valence electrons. The Balaban J connectivity index is 2.89. The Morgan fingerprint density at radius 2 is 1.94 bits per heavy atom. The second-order valence-electron chi connectivity index (χ2n) is 3.70. The predicted molar refractivity (Wildman–Crippen MR) is 60.0 cm³/mol. The molecule has 0 fully saturated rings. The molecular weight excluding hydrogens is 206 g/mol. The summed E-state index contributed by atoms with van der Waals surface area (Å²) in [5, 5.41) is 0. The number of nitrogens with two attached hydrogens (primary N) is 1. The molecule has 2 N–H and O–H groups in total. The zero-order chi connectivity index (χ0) is 12.3. The largest absolute Gasteiger partial charge is 0.449 e. The minimum absolute atomic E-state index is 0.466. The number of primary amides is 1. The van der Waals surface area contributed by atoms with Crippen LogP contribution in [0.3, 0.4) is 0 Å². The lowest BCUT2D eigenvalue weighted by atomic mass is 10.0. The van der Waals surface area contributed by atoms with Gasteiger partial charge in [0, 0.05) is 0 Å². The molecule has 4 heteroatoms. The lowest BCUT2D eigenvalue weighted by Gasteiger charge is -2.11. The maximum absolute atomic E-state index is 11.7. The van der Waals surface area contributed by atoms with Crippen LogP contribution in [0.2, 0.25) is 0 Å². The molecule has 1 aromatic carbocycles. The predicted octanol–water partition coefficient (Wildman–Crippen LogP) is 1.33. The van der Waals surface area contributed by atoms with Crippen LogP contribution in [0.25, 0.3) is 0 Å². The Morgan fingerprint density at radius 1 is 1.31 bits per heavy atom. The molecule has 0 aliphatic heterocycles. The van der Waals surface area contributed by atoms with Gasteiger partial charge in [0.05, 0.1) is 5.56 Å². The molecule has 0 radical (unpaired) electrons. The fourth-order valence-corrected chi connectivity index (χ4v) is 1.25. The molecule has 0 saturated heterocycles. The summed E-state index contributed by atoms with van der Waals surface area (Å²) in [6.45, 7) is 5.19. The molecule has 0 unspecified atom stereocenters. The van der Waals surface area contributed by atoms with E-state index in [0.29, 0.717) is 5.56 Å². The highest BCUT2D eigenvalue weighted by Gasteiger charge is 2.17. The Morgan fingerprint density at radius 3 is 2.50 bits per heavy atom. The van der Waals surface area contributed by atoms with Crippen LogP contribution >= 0.6 is 0 Å². The highest BCUT2D eigenvalue weighted by Crippen LogP contribution is 2.14.